The lowest BCUT2D eigenvalue weighted by Crippen LogP contribution is -2.58. The minimum atomic E-state index is -0.0259. The molecule has 2 rings (SSSR count). The Morgan fingerprint density at radius 3 is 2.39 bits per heavy atom. The molecular formula is C20H25NO2. The van der Waals surface area contributed by atoms with E-state index in [0.717, 1.165) is 23.3 Å². The minimum absolute atomic E-state index is 0.0259. The lowest BCUT2D eigenvalue weighted by molar-refractivity contribution is -0.133. The highest BCUT2D eigenvalue weighted by atomic mass is 16.5. The van der Waals surface area contributed by atoms with E-state index in [0.29, 0.717) is 5.56 Å². The molecule has 0 aromatic heterocycles. The molecular weight excluding hydrogens is 286 g/mol. The number of hydrogen-bond acceptors (Lipinski definition) is 3. The molecule has 1 aromatic rings. The molecule has 1 fully saturated rings. The summed E-state index contributed by atoms with van der Waals surface area (Å²) in [4.78, 5) is 11.3. The van der Waals surface area contributed by atoms with Crippen LogP contribution in [0.1, 0.15) is 57.7 Å². The number of ketones is 1. The van der Waals surface area contributed by atoms with Crippen LogP contribution in [0.5, 0.6) is 5.75 Å². The Labute approximate surface area is 139 Å². The molecule has 0 saturated heterocycles. The molecule has 0 amide bonds. The molecule has 23 heavy (non-hydrogen) atoms. The SMILES string of the molecule is CC(=O)/C=C\c1c(OC2C(C)(C)CC2(C)C)ccc(C#N)c1C. The Bertz CT molecular complexity index is 691. The van der Waals surface area contributed by atoms with Crippen molar-refractivity contribution in [1.82, 2.24) is 0 Å². The van der Waals surface area contributed by atoms with Crippen LogP contribution in [-0.2, 0) is 4.79 Å². The molecule has 1 aliphatic rings. The van der Waals surface area contributed by atoms with Crippen LogP contribution in [0, 0.1) is 29.1 Å². The quantitative estimate of drug-likeness (QED) is 0.759. The maximum atomic E-state index is 11.3. The molecule has 0 unspecified atom stereocenters. The molecule has 1 aromatic carbocycles. The van der Waals surface area contributed by atoms with Crippen molar-refractivity contribution in [3.8, 4) is 11.8 Å². The molecule has 122 valence electrons. The van der Waals surface area contributed by atoms with Crippen LogP contribution < -0.4 is 4.74 Å². The normalized spacial score (nSPS) is 19.2. The molecule has 3 heteroatoms. The number of benzene rings is 1. The van der Waals surface area contributed by atoms with Gasteiger partial charge in [-0.3, -0.25) is 4.79 Å². The first-order chi connectivity index (χ1) is 10.6. The summed E-state index contributed by atoms with van der Waals surface area (Å²) in [6.45, 7) is 12.3. The van der Waals surface area contributed by atoms with Gasteiger partial charge in [-0.1, -0.05) is 27.7 Å². The lowest BCUT2D eigenvalue weighted by Gasteiger charge is -2.56. The number of carbonyl (C=O) groups is 1. The Morgan fingerprint density at radius 1 is 1.30 bits per heavy atom. The average Bonchev–Trinajstić information content (AvgIpc) is 2.42. The minimum Gasteiger partial charge on any atom is -0.489 e. The second-order valence-corrected chi connectivity index (χ2v) is 7.86. The fraction of sp³-hybridized carbons (Fsp3) is 0.500. The van der Waals surface area contributed by atoms with Gasteiger partial charge < -0.3 is 4.74 Å². The molecule has 1 aliphatic carbocycles. The zero-order chi connectivity index (χ0) is 17.4. The largest absolute Gasteiger partial charge is 0.489 e. The van der Waals surface area contributed by atoms with Crippen molar-refractivity contribution in [2.24, 2.45) is 10.8 Å². The van der Waals surface area contributed by atoms with E-state index in [2.05, 4.69) is 33.8 Å². The number of hydrogen-bond donors (Lipinski definition) is 0. The highest BCUT2D eigenvalue weighted by molar-refractivity contribution is 5.92. The van der Waals surface area contributed by atoms with Gasteiger partial charge in [0.15, 0.2) is 5.78 Å². The lowest BCUT2D eigenvalue weighted by atomic mass is 9.53. The summed E-state index contributed by atoms with van der Waals surface area (Å²) in [5.41, 5.74) is 2.50. The number of rotatable bonds is 4. The zero-order valence-electron chi connectivity index (χ0n) is 14.9. The van der Waals surface area contributed by atoms with Crippen molar-refractivity contribution in [3.63, 3.8) is 0 Å². The first-order valence-electron chi connectivity index (χ1n) is 7.97. The van der Waals surface area contributed by atoms with Crippen molar-refractivity contribution in [3.05, 3.63) is 34.9 Å². The molecule has 0 radical (unpaired) electrons. The number of carbonyl (C=O) groups excluding carboxylic acids is 1. The monoisotopic (exact) mass is 311 g/mol. The van der Waals surface area contributed by atoms with Crippen molar-refractivity contribution in [2.45, 2.75) is 54.1 Å². The molecule has 3 nitrogen and oxygen atoms in total. The van der Waals surface area contributed by atoms with Crippen LogP contribution in [0.15, 0.2) is 18.2 Å². The third-order valence-corrected chi connectivity index (χ3v) is 4.66. The summed E-state index contributed by atoms with van der Waals surface area (Å²) >= 11 is 0. The molecule has 0 N–H and O–H groups in total. The van der Waals surface area contributed by atoms with Crippen molar-refractivity contribution >= 4 is 11.9 Å². The van der Waals surface area contributed by atoms with Gasteiger partial charge in [0.1, 0.15) is 11.9 Å². The summed E-state index contributed by atoms with van der Waals surface area (Å²) in [6.07, 6.45) is 4.49. The van der Waals surface area contributed by atoms with E-state index < -0.39 is 0 Å². The van der Waals surface area contributed by atoms with Crippen molar-refractivity contribution in [2.75, 3.05) is 0 Å². The standard InChI is InChI=1S/C20H25NO2/c1-13(22)7-9-16-14(2)15(11-21)8-10-17(16)23-18-19(3,4)12-20(18,5)6/h7-10,18H,12H2,1-6H3/b9-7-. The van der Waals surface area contributed by atoms with Gasteiger partial charge in [0.25, 0.3) is 0 Å². The van der Waals surface area contributed by atoms with E-state index in [1.54, 1.807) is 12.1 Å². The number of nitrogens with zero attached hydrogens (tertiary/aromatic N) is 1. The molecule has 0 spiro atoms. The summed E-state index contributed by atoms with van der Waals surface area (Å²) in [5.74, 6) is 0.715. The second-order valence-electron chi connectivity index (χ2n) is 7.86. The summed E-state index contributed by atoms with van der Waals surface area (Å²) in [5, 5.41) is 9.23. The van der Waals surface area contributed by atoms with Gasteiger partial charge in [0.05, 0.1) is 11.6 Å². The van der Waals surface area contributed by atoms with Crippen LogP contribution in [0.4, 0.5) is 0 Å². The molecule has 0 bridgehead atoms. The van der Waals surface area contributed by atoms with Crippen LogP contribution >= 0.6 is 0 Å². The van der Waals surface area contributed by atoms with Crippen molar-refractivity contribution in [1.29, 1.82) is 5.26 Å². The number of nitriles is 1. The van der Waals surface area contributed by atoms with Crippen LogP contribution in [0.25, 0.3) is 6.08 Å². The summed E-state index contributed by atoms with van der Waals surface area (Å²) < 4.78 is 6.35. The van der Waals surface area contributed by atoms with Crippen molar-refractivity contribution < 1.29 is 9.53 Å². The van der Waals surface area contributed by atoms with Gasteiger partial charge in [0, 0.05) is 16.4 Å². The van der Waals surface area contributed by atoms with Gasteiger partial charge in [-0.05, 0) is 50.1 Å². The van der Waals surface area contributed by atoms with E-state index in [1.165, 1.54) is 13.0 Å². The Hall–Kier alpha value is -2.08. The van der Waals surface area contributed by atoms with Crippen LogP contribution in [0.2, 0.25) is 0 Å². The molecule has 1 saturated carbocycles. The average molecular weight is 311 g/mol. The van der Waals surface area contributed by atoms with Gasteiger partial charge in [-0.15, -0.1) is 0 Å². The van der Waals surface area contributed by atoms with E-state index in [4.69, 9.17) is 4.74 Å². The first kappa shape index (κ1) is 17.3. The van der Waals surface area contributed by atoms with Gasteiger partial charge >= 0.3 is 0 Å². The number of ether oxygens (including phenoxy) is 1. The number of allylic oxidation sites excluding steroid dienone is 1. The summed E-state index contributed by atoms with van der Waals surface area (Å²) in [7, 11) is 0. The predicted octanol–water partition coefficient (Wildman–Crippen LogP) is 4.67. The zero-order valence-corrected chi connectivity index (χ0v) is 14.9. The second kappa shape index (κ2) is 5.85. The van der Waals surface area contributed by atoms with Gasteiger partial charge in [-0.25, -0.2) is 0 Å². The Morgan fingerprint density at radius 2 is 1.91 bits per heavy atom. The maximum absolute atomic E-state index is 11.3. The highest BCUT2D eigenvalue weighted by Crippen LogP contribution is 2.55. The fourth-order valence-corrected chi connectivity index (χ4v) is 4.07. The predicted molar refractivity (Wildman–Crippen MR) is 92.2 cm³/mol. The fourth-order valence-electron chi connectivity index (χ4n) is 4.07. The smallest absolute Gasteiger partial charge is 0.152 e. The molecule has 0 heterocycles. The van der Waals surface area contributed by atoms with E-state index in [9.17, 15) is 10.1 Å². The van der Waals surface area contributed by atoms with Crippen LogP contribution in [-0.4, -0.2) is 11.9 Å². The first-order valence-corrected chi connectivity index (χ1v) is 7.97. The van der Waals surface area contributed by atoms with Gasteiger partial charge in [0.2, 0.25) is 0 Å². The Balaban J connectivity index is 2.44. The van der Waals surface area contributed by atoms with E-state index in [1.807, 2.05) is 13.0 Å². The summed E-state index contributed by atoms with van der Waals surface area (Å²) in [6, 6.07) is 5.82. The third kappa shape index (κ3) is 3.32. The van der Waals surface area contributed by atoms with Gasteiger partial charge in [-0.2, -0.15) is 5.26 Å². The molecule has 0 aliphatic heterocycles. The van der Waals surface area contributed by atoms with E-state index in [-0.39, 0.29) is 22.7 Å². The molecule has 0 atom stereocenters. The third-order valence-electron chi connectivity index (χ3n) is 4.66. The van der Waals surface area contributed by atoms with Crippen LogP contribution in [0.3, 0.4) is 0 Å². The maximum Gasteiger partial charge on any atom is 0.152 e. The van der Waals surface area contributed by atoms with E-state index >= 15 is 0 Å². The Kier molecular flexibility index (Phi) is 4.39. The highest BCUT2D eigenvalue weighted by Gasteiger charge is 2.55. The topological polar surface area (TPSA) is 50.1 Å².